The summed E-state index contributed by atoms with van der Waals surface area (Å²) < 4.78 is 0. The number of amides is 1. The van der Waals surface area contributed by atoms with Crippen molar-refractivity contribution in [3.63, 3.8) is 0 Å². The molecule has 1 N–H and O–H groups in total. The minimum Gasteiger partial charge on any atom is -0.352 e. The van der Waals surface area contributed by atoms with E-state index >= 15 is 0 Å². The van der Waals surface area contributed by atoms with Gasteiger partial charge in [-0.3, -0.25) is 4.79 Å². The Labute approximate surface area is 113 Å². The van der Waals surface area contributed by atoms with Crippen LogP contribution in [0.2, 0.25) is 0 Å². The SMILES string of the molecule is O=C(NCc1ccc2ccccc2c1)C1CCCC1. The van der Waals surface area contributed by atoms with Crippen LogP contribution >= 0.6 is 0 Å². The lowest BCUT2D eigenvalue weighted by Crippen LogP contribution is -2.28. The summed E-state index contributed by atoms with van der Waals surface area (Å²) >= 11 is 0. The molecule has 0 heterocycles. The molecule has 1 saturated carbocycles. The van der Waals surface area contributed by atoms with Crippen molar-refractivity contribution in [2.45, 2.75) is 32.2 Å². The van der Waals surface area contributed by atoms with Crippen molar-refractivity contribution in [2.24, 2.45) is 5.92 Å². The van der Waals surface area contributed by atoms with Gasteiger partial charge in [0.25, 0.3) is 0 Å². The number of fused-ring (bicyclic) bond motifs is 1. The van der Waals surface area contributed by atoms with Gasteiger partial charge in [-0.1, -0.05) is 49.2 Å². The van der Waals surface area contributed by atoms with E-state index in [9.17, 15) is 4.79 Å². The third-order valence-corrected chi connectivity index (χ3v) is 4.01. The summed E-state index contributed by atoms with van der Waals surface area (Å²) in [6.45, 7) is 0.639. The summed E-state index contributed by atoms with van der Waals surface area (Å²) in [5, 5.41) is 5.54. The monoisotopic (exact) mass is 253 g/mol. The second kappa shape index (κ2) is 5.43. The van der Waals surface area contributed by atoms with Gasteiger partial charge in [-0.25, -0.2) is 0 Å². The fourth-order valence-corrected chi connectivity index (χ4v) is 2.87. The van der Waals surface area contributed by atoms with Crippen LogP contribution in [-0.4, -0.2) is 5.91 Å². The Hall–Kier alpha value is -1.83. The molecule has 1 aliphatic rings. The normalized spacial score (nSPS) is 15.8. The maximum Gasteiger partial charge on any atom is 0.223 e. The van der Waals surface area contributed by atoms with Gasteiger partial charge in [-0.15, -0.1) is 0 Å². The lowest BCUT2D eigenvalue weighted by molar-refractivity contribution is -0.124. The minimum absolute atomic E-state index is 0.227. The summed E-state index contributed by atoms with van der Waals surface area (Å²) in [5.74, 6) is 0.478. The highest BCUT2D eigenvalue weighted by atomic mass is 16.1. The molecule has 1 amide bonds. The molecule has 2 heteroatoms. The van der Waals surface area contributed by atoms with Crippen LogP contribution in [-0.2, 0) is 11.3 Å². The molecule has 2 nitrogen and oxygen atoms in total. The minimum atomic E-state index is 0.227. The lowest BCUT2D eigenvalue weighted by atomic mass is 10.1. The Bertz CT molecular complexity index is 585. The number of carbonyl (C=O) groups is 1. The van der Waals surface area contributed by atoms with Gasteiger partial charge in [0.2, 0.25) is 5.91 Å². The van der Waals surface area contributed by atoms with E-state index in [-0.39, 0.29) is 11.8 Å². The van der Waals surface area contributed by atoms with E-state index in [1.807, 2.05) is 12.1 Å². The Morgan fingerprint density at radius 2 is 1.79 bits per heavy atom. The van der Waals surface area contributed by atoms with Crippen LogP contribution in [0.1, 0.15) is 31.2 Å². The van der Waals surface area contributed by atoms with Crippen molar-refractivity contribution in [1.82, 2.24) is 5.32 Å². The molecule has 0 aliphatic heterocycles. The van der Waals surface area contributed by atoms with E-state index in [1.54, 1.807) is 0 Å². The summed E-state index contributed by atoms with van der Waals surface area (Å²) in [5.41, 5.74) is 1.17. The van der Waals surface area contributed by atoms with Gasteiger partial charge >= 0.3 is 0 Å². The summed E-state index contributed by atoms with van der Waals surface area (Å²) in [4.78, 5) is 12.0. The fourth-order valence-electron chi connectivity index (χ4n) is 2.87. The molecular weight excluding hydrogens is 234 g/mol. The number of hydrogen-bond donors (Lipinski definition) is 1. The molecule has 1 aliphatic carbocycles. The molecule has 1 fully saturated rings. The predicted molar refractivity (Wildman–Crippen MR) is 77.8 cm³/mol. The summed E-state index contributed by atoms with van der Waals surface area (Å²) in [6, 6.07) is 14.7. The smallest absolute Gasteiger partial charge is 0.223 e. The van der Waals surface area contributed by atoms with Gasteiger partial charge in [0, 0.05) is 12.5 Å². The van der Waals surface area contributed by atoms with Crippen molar-refractivity contribution >= 4 is 16.7 Å². The molecule has 3 rings (SSSR count). The molecule has 0 saturated heterocycles. The third-order valence-electron chi connectivity index (χ3n) is 4.01. The maximum absolute atomic E-state index is 12.0. The zero-order valence-corrected chi connectivity index (χ0v) is 11.1. The first-order chi connectivity index (χ1) is 9.33. The molecule has 19 heavy (non-hydrogen) atoms. The molecule has 2 aromatic rings. The highest BCUT2D eigenvalue weighted by Crippen LogP contribution is 2.24. The topological polar surface area (TPSA) is 29.1 Å². The Kier molecular flexibility index (Phi) is 3.49. The molecule has 0 atom stereocenters. The van der Waals surface area contributed by atoms with Crippen molar-refractivity contribution in [2.75, 3.05) is 0 Å². The van der Waals surface area contributed by atoms with Gasteiger partial charge in [0.05, 0.1) is 0 Å². The molecule has 98 valence electrons. The van der Waals surface area contributed by atoms with Crippen molar-refractivity contribution < 1.29 is 4.79 Å². The second-order valence-electron chi connectivity index (χ2n) is 5.38. The van der Waals surface area contributed by atoms with Crippen molar-refractivity contribution in [3.8, 4) is 0 Å². The molecule has 0 bridgehead atoms. The molecule has 0 radical (unpaired) electrons. The van der Waals surface area contributed by atoms with Gasteiger partial charge in [0.1, 0.15) is 0 Å². The van der Waals surface area contributed by atoms with E-state index in [0.29, 0.717) is 6.54 Å². The molecule has 0 unspecified atom stereocenters. The highest BCUT2D eigenvalue weighted by Gasteiger charge is 2.21. The molecule has 2 aromatic carbocycles. The van der Waals surface area contributed by atoms with E-state index in [0.717, 1.165) is 12.8 Å². The Balaban J connectivity index is 1.66. The lowest BCUT2D eigenvalue weighted by Gasteiger charge is -2.10. The zero-order valence-electron chi connectivity index (χ0n) is 11.1. The average molecular weight is 253 g/mol. The van der Waals surface area contributed by atoms with Crippen molar-refractivity contribution in [1.29, 1.82) is 0 Å². The van der Waals surface area contributed by atoms with E-state index < -0.39 is 0 Å². The van der Waals surface area contributed by atoms with E-state index in [1.165, 1.54) is 29.2 Å². The van der Waals surface area contributed by atoms with Crippen LogP contribution in [0, 0.1) is 5.92 Å². The van der Waals surface area contributed by atoms with Crippen LogP contribution in [0.3, 0.4) is 0 Å². The number of benzene rings is 2. The highest BCUT2D eigenvalue weighted by molar-refractivity contribution is 5.83. The second-order valence-corrected chi connectivity index (χ2v) is 5.38. The van der Waals surface area contributed by atoms with Crippen LogP contribution in [0.25, 0.3) is 10.8 Å². The summed E-state index contributed by atoms with van der Waals surface area (Å²) in [7, 11) is 0. The van der Waals surface area contributed by atoms with Gasteiger partial charge < -0.3 is 5.32 Å². The third kappa shape index (κ3) is 2.78. The largest absolute Gasteiger partial charge is 0.352 e. The molecule has 0 aromatic heterocycles. The number of rotatable bonds is 3. The first-order valence-electron chi connectivity index (χ1n) is 7.08. The van der Waals surface area contributed by atoms with Crippen LogP contribution < -0.4 is 5.32 Å². The molecule has 0 spiro atoms. The summed E-state index contributed by atoms with van der Waals surface area (Å²) in [6.07, 6.45) is 4.52. The number of hydrogen-bond acceptors (Lipinski definition) is 1. The van der Waals surface area contributed by atoms with Crippen molar-refractivity contribution in [3.05, 3.63) is 48.0 Å². The number of nitrogens with one attached hydrogen (secondary N) is 1. The standard InChI is InChI=1S/C17H19NO/c19-17(15-6-2-3-7-15)18-12-13-9-10-14-5-1-4-8-16(14)11-13/h1,4-5,8-11,15H,2-3,6-7,12H2,(H,18,19). The van der Waals surface area contributed by atoms with Gasteiger partial charge in [-0.2, -0.15) is 0 Å². The van der Waals surface area contributed by atoms with E-state index in [2.05, 4.69) is 35.6 Å². The predicted octanol–water partition coefficient (Wildman–Crippen LogP) is 3.65. The van der Waals surface area contributed by atoms with Gasteiger partial charge in [0.15, 0.2) is 0 Å². The zero-order chi connectivity index (χ0) is 13.1. The van der Waals surface area contributed by atoms with E-state index in [4.69, 9.17) is 0 Å². The average Bonchev–Trinajstić information content (AvgIpc) is 2.99. The quantitative estimate of drug-likeness (QED) is 0.889. The van der Waals surface area contributed by atoms with Crippen LogP contribution in [0.4, 0.5) is 0 Å². The fraction of sp³-hybridized carbons (Fsp3) is 0.353. The Morgan fingerprint density at radius 1 is 1.05 bits per heavy atom. The first-order valence-corrected chi connectivity index (χ1v) is 7.08. The molecular formula is C17H19NO. The van der Waals surface area contributed by atoms with Gasteiger partial charge in [-0.05, 0) is 35.2 Å². The Morgan fingerprint density at radius 3 is 2.58 bits per heavy atom. The van der Waals surface area contributed by atoms with Crippen LogP contribution in [0.5, 0.6) is 0 Å². The maximum atomic E-state index is 12.0. The number of carbonyl (C=O) groups excluding carboxylic acids is 1. The van der Waals surface area contributed by atoms with Crippen LogP contribution in [0.15, 0.2) is 42.5 Å². The first kappa shape index (κ1) is 12.2.